The van der Waals surface area contributed by atoms with Gasteiger partial charge in [0.25, 0.3) is 0 Å². The Morgan fingerprint density at radius 3 is 2.90 bits per heavy atom. The Morgan fingerprint density at radius 2 is 2.29 bits per heavy atom. The van der Waals surface area contributed by atoms with Crippen molar-refractivity contribution in [2.75, 3.05) is 13.2 Å². The van der Waals surface area contributed by atoms with Crippen molar-refractivity contribution in [2.45, 2.75) is 18.6 Å². The fourth-order valence-electron chi connectivity index (χ4n) is 2.80. The van der Waals surface area contributed by atoms with E-state index in [2.05, 4.69) is 10.1 Å². The minimum Gasteiger partial charge on any atom is -0.396 e. The third-order valence-corrected chi connectivity index (χ3v) is 3.78. The normalized spacial score (nSPS) is 25.4. The Labute approximate surface area is 120 Å². The van der Waals surface area contributed by atoms with E-state index in [9.17, 15) is 13.9 Å². The summed E-state index contributed by atoms with van der Waals surface area (Å²) in [6.07, 6.45) is 3.33. The van der Waals surface area contributed by atoms with Gasteiger partial charge < -0.3 is 9.84 Å². The van der Waals surface area contributed by atoms with Gasteiger partial charge in [0.15, 0.2) is 0 Å². The number of hydrogen-bond donors (Lipinski definition) is 1. The van der Waals surface area contributed by atoms with Gasteiger partial charge in [0, 0.05) is 24.2 Å². The molecule has 3 rings (SSSR count). The third-order valence-electron chi connectivity index (χ3n) is 3.78. The fourth-order valence-corrected chi connectivity index (χ4v) is 2.80. The highest BCUT2D eigenvalue weighted by atomic mass is 19.1. The Morgan fingerprint density at radius 1 is 1.43 bits per heavy atom. The first-order valence-electron chi connectivity index (χ1n) is 6.66. The first-order valence-corrected chi connectivity index (χ1v) is 6.66. The van der Waals surface area contributed by atoms with Gasteiger partial charge in [-0.05, 0) is 12.5 Å². The molecule has 2 aromatic rings. The predicted octanol–water partition coefficient (Wildman–Crippen LogP) is 1.48. The third kappa shape index (κ3) is 2.66. The van der Waals surface area contributed by atoms with Gasteiger partial charge in [0.1, 0.15) is 29.9 Å². The van der Waals surface area contributed by atoms with Gasteiger partial charge in [-0.25, -0.2) is 18.4 Å². The molecule has 2 atom stereocenters. The Balaban J connectivity index is 1.99. The molecule has 7 heteroatoms. The first-order chi connectivity index (χ1) is 10.1. The standard InChI is InChI=1S/C14H15F2N3O2/c15-11-1-2-12(13(16)3-11)14(4-10(5-20)6-21-14)7-19-9-17-8-18-19/h1-3,8-10,20H,4-7H2/t10-,14-/m0/s1. The quantitative estimate of drug-likeness (QED) is 0.928. The number of ether oxygens (including phenoxy) is 1. The molecule has 0 radical (unpaired) electrons. The smallest absolute Gasteiger partial charge is 0.137 e. The molecular weight excluding hydrogens is 280 g/mol. The molecule has 1 N–H and O–H groups in total. The van der Waals surface area contributed by atoms with Gasteiger partial charge in [-0.2, -0.15) is 5.10 Å². The van der Waals surface area contributed by atoms with Crippen LogP contribution in [0.15, 0.2) is 30.9 Å². The first kappa shape index (κ1) is 14.1. The van der Waals surface area contributed by atoms with Crippen LogP contribution in [0.5, 0.6) is 0 Å². The number of aliphatic hydroxyl groups is 1. The summed E-state index contributed by atoms with van der Waals surface area (Å²) < 4.78 is 34.7. The maximum Gasteiger partial charge on any atom is 0.137 e. The van der Waals surface area contributed by atoms with Crippen molar-refractivity contribution in [1.82, 2.24) is 14.8 Å². The van der Waals surface area contributed by atoms with Crippen molar-refractivity contribution in [2.24, 2.45) is 5.92 Å². The zero-order valence-corrected chi connectivity index (χ0v) is 11.2. The number of halogens is 2. The van der Waals surface area contributed by atoms with Crippen LogP contribution in [0, 0.1) is 17.6 Å². The van der Waals surface area contributed by atoms with Crippen LogP contribution < -0.4 is 0 Å². The van der Waals surface area contributed by atoms with Crippen molar-refractivity contribution in [1.29, 1.82) is 0 Å². The molecule has 1 aromatic carbocycles. The van der Waals surface area contributed by atoms with Crippen LogP contribution in [0.2, 0.25) is 0 Å². The van der Waals surface area contributed by atoms with Crippen molar-refractivity contribution in [3.05, 3.63) is 48.1 Å². The van der Waals surface area contributed by atoms with Crippen LogP contribution in [0.4, 0.5) is 8.78 Å². The molecule has 0 saturated carbocycles. The summed E-state index contributed by atoms with van der Waals surface area (Å²) in [5, 5.41) is 13.3. The van der Waals surface area contributed by atoms with E-state index >= 15 is 0 Å². The van der Waals surface area contributed by atoms with Crippen LogP contribution in [-0.2, 0) is 16.9 Å². The largest absolute Gasteiger partial charge is 0.396 e. The van der Waals surface area contributed by atoms with E-state index in [1.165, 1.54) is 24.8 Å². The second kappa shape index (κ2) is 5.50. The summed E-state index contributed by atoms with van der Waals surface area (Å²) >= 11 is 0. The molecule has 1 saturated heterocycles. The molecule has 0 amide bonds. The maximum absolute atomic E-state index is 14.2. The number of rotatable bonds is 4. The molecule has 0 bridgehead atoms. The summed E-state index contributed by atoms with van der Waals surface area (Å²) in [6.45, 7) is 0.538. The number of aromatic nitrogens is 3. The molecular formula is C14H15F2N3O2. The van der Waals surface area contributed by atoms with Gasteiger partial charge in [-0.15, -0.1) is 0 Å². The number of hydrogen-bond acceptors (Lipinski definition) is 4. The highest BCUT2D eigenvalue weighted by Gasteiger charge is 2.44. The Bertz CT molecular complexity index is 621. The van der Waals surface area contributed by atoms with Gasteiger partial charge in [0.2, 0.25) is 0 Å². The average Bonchev–Trinajstić information content (AvgIpc) is 3.09. The number of benzene rings is 1. The Kier molecular flexibility index (Phi) is 3.69. The van der Waals surface area contributed by atoms with Gasteiger partial charge in [-0.3, -0.25) is 0 Å². The zero-order valence-electron chi connectivity index (χ0n) is 11.2. The molecule has 1 aliphatic rings. The molecule has 2 heterocycles. The van der Waals surface area contributed by atoms with Crippen molar-refractivity contribution < 1.29 is 18.6 Å². The lowest BCUT2D eigenvalue weighted by Crippen LogP contribution is -2.32. The summed E-state index contributed by atoms with van der Waals surface area (Å²) in [5.41, 5.74) is -0.700. The maximum atomic E-state index is 14.2. The molecule has 5 nitrogen and oxygen atoms in total. The second-order valence-corrected chi connectivity index (χ2v) is 5.28. The lowest BCUT2D eigenvalue weighted by molar-refractivity contribution is -0.0207. The van der Waals surface area contributed by atoms with E-state index < -0.39 is 17.2 Å². The molecule has 0 unspecified atom stereocenters. The second-order valence-electron chi connectivity index (χ2n) is 5.28. The number of nitrogens with zero attached hydrogens (tertiary/aromatic N) is 3. The lowest BCUT2D eigenvalue weighted by atomic mass is 9.87. The fraction of sp³-hybridized carbons (Fsp3) is 0.429. The van der Waals surface area contributed by atoms with Crippen LogP contribution in [0.25, 0.3) is 0 Å². The van der Waals surface area contributed by atoms with E-state index in [0.29, 0.717) is 13.0 Å². The summed E-state index contributed by atoms with van der Waals surface area (Å²) in [7, 11) is 0. The highest BCUT2D eigenvalue weighted by Crippen LogP contribution is 2.41. The van der Waals surface area contributed by atoms with Crippen molar-refractivity contribution in [3.63, 3.8) is 0 Å². The monoisotopic (exact) mass is 295 g/mol. The van der Waals surface area contributed by atoms with E-state index in [4.69, 9.17) is 4.74 Å². The van der Waals surface area contributed by atoms with Crippen LogP contribution in [0.3, 0.4) is 0 Å². The van der Waals surface area contributed by atoms with E-state index in [-0.39, 0.29) is 24.6 Å². The van der Waals surface area contributed by atoms with Crippen LogP contribution in [0.1, 0.15) is 12.0 Å². The van der Waals surface area contributed by atoms with Crippen molar-refractivity contribution >= 4 is 0 Å². The minimum atomic E-state index is -0.973. The number of aliphatic hydroxyl groups excluding tert-OH is 1. The summed E-state index contributed by atoms with van der Waals surface area (Å²) in [6, 6.07) is 3.44. The summed E-state index contributed by atoms with van der Waals surface area (Å²) in [4.78, 5) is 3.86. The van der Waals surface area contributed by atoms with Crippen LogP contribution >= 0.6 is 0 Å². The van der Waals surface area contributed by atoms with Gasteiger partial charge in [0.05, 0.1) is 13.2 Å². The van der Waals surface area contributed by atoms with E-state index in [1.54, 1.807) is 4.68 Å². The van der Waals surface area contributed by atoms with E-state index in [1.807, 2.05) is 0 Å². The molecule has 0 spiro atoms. The van der Waals surface area contributed by atoms with Crippen molar-refractivity contribution in [3.8, 4) is 0 Å². The molecule has 112 valence electrons. The molecule has 1 aromatic heterocycles. The lowest BCUT2D eigenvalue weighted by Gasteiger charge is -2.29. The molecule has 0 aliphatic carbocycles. The highest BCUT2D eigenvalue weighted by molar-refractivity contribution is 5.26. The molecule has 1 fully saturated rings. The summed E-state index contributed by atoms with van der Waals surface area (Å²) in [5.74, 6) is -1.38. The molecule has 21 heavy (non-hydrogen) atoms. The van der Waals surface area contributed by atoms with Crippen LogP contribution in [-0.4, -0.2) is 33.1 Å². The predicted molar refractivity (Wildman–Crippen MR) is 69.2 cm³/mol. The van der Waals surface area contributed by atoms with Gasteiger partial charge in [-0.1, -0.05) is 6.07 Å². The SMILES string of the molecule is OC[C@H]1CO[C@@](Cn2cncn2)(c2ccc(F)cc2F)C1. The van der Waals surface area contributed by atoms with E-state index in [0.717, 1.165) is 6.07 Å². The zero-order chi connectivity index (χ0) is 14.9. The minimum absolute atomic E-state index is 0.0398. The van der Waals surface area contributed by atoms with Gasteiger partial charge >= 0.3 is 0 Å². The topological polar surface area (TPSA) is 60.2 Å². The Hall–Kier alpha value is -1.86. The average molecular weight is 295 g/mol. The molecule has 1 aliphatic heterocycles.